The van der Waals surface area contributed by atoms with Gasteiger partial charge in [0.2, 0.25) is 0 Å². The van der Waals surface area contributed by atoms with Crippen LogP contribution in [0.25, 0.3) is 22.2 Å². The number of rotatable bonds is 6. The van der Waals surface area contributed by atoms with Crippen LogP contribution < -0.4 is 10.1 Å². The molecule has 0 bridgehead atoms. The molecule has 0 aliphatic heterocycles. The van der Waals surface area contributed by atoms with Crippen LogP contribution in [0, 0.1) is 30.0 Å². The summed E-state index contributed by atoms with van der Waals surface area (Å²) in [5.41, 5.74) is 4.98. The zero-order chi connectivity index (χ0) is 25.9. The molecular formula is C30H29FN4O2. The number of amides is 1. The molecule has 2 N–H and O–H groups in total. The predicted molar refractivity (Wildman–Crippen MR) is 141 cm³/mol. The van der Waals surface area contributed by atoms with Gasteiger partial charge in [-0.25, -0.2) is 4.39 Å². The van der Waals surface area contributed by atoms with Gasteiger partial charge in [0.15, 0.2) is 0 Å². The van der Waals surface area contributed by atoms with Crippen molar-refractivity contribution in [2.75, 3.05) is 13.7 Å². The molecule has 37 heavy (non-hydrogen) atoms. The van der Waals surface area contributed by atoms with E-state index < -0.39 is 0 Å². The Morgan fingerprint density at radius 1 is 1.19 bits per heavy atom. The second kappa shape index (κ2) is 10.4. The molecule has 6 nitrogen and oxygen atoms in total. The third-order valence-corrected chi connectivity index (χ3v) is 7.40. The van der Waals surface area contributed by atoms with Crippen molar-refractivity contribution in [2.24, 2.45) is 5.92 Å². The van der Waals surface area contributed by atoms with Crippen molar-refractivity contribution in [1.29, 1.82) is 5.26 Å². The molecule has 1 fully saturated rings. The Balaban J connectivity index is 1.26. The van der Waals surface area contributed by atoms with E-state index in [0.717, 1.165) is 47.8 Å². The Labute approximate surface area is 215 Å². The maximum Gasteiger partial charge on any atom is 0.253 e. The third kappa shape index (κ3) is 4.92. The third-order valence-electron chi connectivity index (χ3n) is 7.40. The van der Waals surface area contributed by atoms with Crippen LogP contribution in [0.4, 0.5) is 4.39 Å². The van der Waals surface area contributed by atoms with Gasteiger partial charge in [-0.05, 0) is 86.4 Å². The number of ether oxygens (including phenoxy) is 1. The van der Waals surface area contributed by atoms with Crippen molar-refractivity contribution in [3.05, 3.63) is 82.9 Å². The van der Waals surface area contributed by atoms with Crippen LogP contribution in [0.3, 0.4) is 0 Å². The first kappa shape index (κ1) is 24.5. The van der Waals surface area contributed by atoms with Crippen molar-refractivity contribution in [1.82, 2.24) is 15.3 Å². The number of aromatic amines is 1. The molecule has 2 aromatic heterocycles. The molecule has 4 aromatic rings. The quantitative estimate of drug-likeness (QED) is 0.330. The second-order valence-electron chi connectivity index (χ2n) is 9.72. The van der Waals surface area contributed by atoms with Crippen LogP contribution in [-0.4, -0.2) is 29.5 Å². The Hall–Kier alpha value is -4.18. The van der Waals surface area contributed by atoms with E-state index in [2.05, 4.69) is 21.4 Å². The summed E-state index contributed by atoms with van der Waals surface area (Å²) in [6.45, 7) is 2.48. The monoisotopic (exact) mass is 496 g/mol. The molecule has 5 rings (SSSR count). The van der Waals surface area contributed by atoms with Gasteiger partial charge in [0.25, 0.3) is 5.91 Å². The lowest BCUT2D eigenvalue weighted by Crippen LogP contribution is -2.31. The fraction of sp³-hybridized carbons (Fsp3) is 0.300. The van der Waals surface area contributed by atoms with E-state index in [9.17, 15) is 14.4 Å². The van der Waals surface area contributed by atoms with Crippen LogP contribution in [0.15, 0.2) is 54.7 Å². The summed E-state index contributed by atoms with van der Waals surface area (Å²) in [6.07, 6.45) is 5.74. The smallest absolute Gasteiger partial charge is 0.253 e. The van der Waals surface area contributed by atoms with Crippen LogP contribution in [0.1, 0.15) is 58.8 Å². The van der Waals surface area contributed by atoms with Gasteiger partial charge in [-0.1, -0.05) is 12.1 Å². The highest BCUT2D eigenvalue weighted by atomic mass is 19.1. The summed E-state index contributed by atoms with van der Waals surface area (Å²) in [7, 11) is 1.53. The maximum absolute atomic E-state index is 13.9. The first-order valence-electron chi connectivity index (χ1n) is 12.6. The first-order valence-corrected chi connectivity index (χ1v) is 12.6. The maximum atomic E-state index is 13.9. The molecule has 188 valence electrons. The fourth-order valence-electron chi connectivity index (χ4n) is 5.51. The predicted octanol–water partition coefficient (Wildman–Crippen LogP) is 6.26. The van der Waals surface area contributed by atoms with E-state index in [1.165, 1.54) is 13.2 Å². The second-order valence-corrected chi connectivity index (χ2v) is 9.72. The summed E-state index contributed by atoms with van der Waals surface area (Å²) in [5, 5.41) is 13.7. The van der Waals surface area contributed by atoms with Crippen molar-refractivity contribution in [3.63, 3.8) is 0 Å². The number of pyridine rings is 1. The van der Waals surface area contributed by atoms with E-state index in [4.69, 9.17) is 4.74 Å². The minimum absolute atomic E-state index is 0.163. The van der Waals surface area contributed by atoms with Gasteiger partial charge in [0.1, 0.15) is 23.2 Å². The zero-order valence-electron chi connectivity index (χ0n) is 21.0. The molecule has 7 heteroatoms. The van der Waals surface area contributed by atoms with E-state index in [0.29, 0.717) is 46.5 Å². The number of carbonyl (C=O) groups excluding carboxylic acids is 1. The molecular weight excluding hydrogens is 467 g/mol. The molecule has 0 unspecified atom stereocenters. The summed E-state index contributed by atoms with van der Waals surface area (Å²) >= 11 is 0. The van der Waals surface area contributed by atoms with E-state index in [1.54, 1.807) is 24.4 Å². The Morgan fingerprint density at radius 3 is 2.76 bits per heavy atom. The number of aryl methyl sites for hydroxylation is 1. The lowest BCUT2D eigenvalue weighted by Gasteiger charge is -2.29. The lowest BCUT2D eigenvalue weighted by atomic mass is 9.78. The van der Waals surface area contributed by atoms with E-state index in [1.807, 2.05) is 31.2 Å². The number of methoxy groups -OCH3 is 1. The number of fused-ring (bicyclic) bond motifs is 1. The molecule has 1 aliphatic carbocycles. The fourth-order valence-corrected chi connectivity index (χ4v) is 5.51. The Bertz CT molecular complexity index is 1500. The average molecular weight is 497 g/mol. The number of H-pyrrole nitrogens is 1. The number of nitrogens with one attached hydrogen (secondary N) is 2. The lowest BCUT2D eigenvalue weighted by molar-refractivity contribution is 0.0943. The molecule has 1 amide bonds. The Morgan fingerprint density at radius 2 is 2.00 bits per heavy atom. The number of nitriles is 1. The van der Waals surface area contributed by atoms with Gasteiger partial charge in [0.05, 0.1) is 23.9 Å². The number of nitrogens with zero attached hydrogens (tertiary/aromatic N) is 2. The molecule has 0 spiro atoms. The largest absolute Gasteiger partial charge is 0.495 e. The van der Waals surface area contributed by atoms with E-state index >= 15 is 0 Å². The number of carbonyl (C=O) groups is 1. The van der Waals surface area contributed by atoms with E-state index in [-0.39, 0.29) is 11.7 Å². The van der Waals surface area contributed by atoms with Crippen LogP contribution in [0.5, 0.6) is 5.75 Å². The van der Waals surface area contributed by atoms with Crippen LogP contribution in [0.2, 0.25) is 0 Å². The molecule has 2 aromatic carbocycles. The van der Waals surface area contributed by atoms with Gasteiger partial charge < -0.3 is 15.0 Å². The number of hydrogen-bond acceptors (Lipinski definition) is 4. The summed E-state index contributed by atoms with van der Waals surface area (Å²) in [4.78, 5) is 20.9. The minimum Gasteiger partial charge on any atom is -0.495 e. The molecule has 0 radical (unpaired) electrons. The van der Waals surface area contributed by atoms with Crippen LogP contribution in [-0.2, 0) is 0 Å². The molecule has 2 heterocycles. The first-order chi connectivity index (χ1) is 18.0. The topological polar surface area (TPSA) is 90.8 Å². The highest BCUT2D eigenvalue weighted by molar-refractivity contribution is 6.01. The standard InChI is InChI=1S/C30H29FN4O2/c1-18-14-25(29(35-18)23-4-3-5-28(37-2)26(23)16-32)30(36)34-17-19-6-8-20(9-7-19)22-12-13-33-27-11-10-21(31)15-24(22)27/h3-5,10-15,19-20,35H,6-9,17H2,1-2H3,(H,34,36). The Kier molecular flexibility index (Phi) is 6.91. The van der Waals surface area contributed by atoms with Crippen molar-refractivity contribution < 1.29 is 13.9 Å². The van der Waals surface area contributed by atoms with Gasteiger partial charge in [-0.15, -0.1) is 0 Å². The number of benzene rings is 2. The minimum atomic E-state index is -0.242. The van der Waals surface area contributed by atoms with Gasteiger partial charge in [-0.3, -0.25) is 9.78 Å². The number of halogens is 1. The van der Waals surface area contributed by atoms with Gasteiger partial charge in [-0.2, -0.15) is 5.26 Å². The highest BCUT2D eigenvalue weighted by Crippen LogP contribution is 2.38. The van der Waals surface area contributed by atoms with Crippen LogP contribution >= 0.6 is 0 Å². The summed E-state index contributed by atoms with van der Waals surface area (Å²) in [5.74, 6) is 0.799. The normalized spacial score (nSPS) is 17.4. The summed E-state index contributed by atoms with van der Waals surface area (Å²) in [6, 6.07) is 16.2. The van der Waals surface area contributed by atoms with Gasteiger partial charge in [0, 0.05) is 29.4 Å². The zero-order valence-corrected chi connectivity index (χ0v) is 21.0. The average Bonchev–Trinajstić information content (AvgIpc) is 3.32. The highest BCUT2D eigenvalue weighted by Gasteiger charge is 2.25. The van der Waals surface area contributed by atoms with Crippen molar-refractivity contribution in [3.8, 4) is 23.1 Å². The van der Waals surface area contributed by atoms with Crippen molar-refractivity contribution >= 4 is 16.8 Å². The number of hydrogen-bond donors (Lipinski definition) is 2. The SMILES string of the molecule is COc1cccc(-c2[nH]c(C)cc2C(=O)NCC2CCC(c3ccnc4ccc(F)cc34)CC2)c1C#N. The molecule has 0 atom stereocenters. The summed E-state index contributed by atoms with van der Waals surface area (Å²) < 4.78 is 19.2. The molecule has 0 saturated heterocycles. The van der Waals surface area contributed by atoms with Gasteiger partial charge >= 0.3 is 0 Å². The van der Waals surface area contributed by atoms with Crippen molar-refractivity contribution in [2.45, 2.75) is 38.5 Å². The molecule has 1 saturated carbocycles. The molecule has 1 aliphatic rings. The number of aromatic nitrogens is 2.